The average Bonchev–Trinajstić information content (AvgIpc) is 2.81. The number of nitrogens with one attached hydrogen (secondary N) is 1. The Bertz CT molecular complexity index is 508. The first-order valence-electron chi connectivity index (χ1n) is 5.30. The van der Waals surface area contributed by atoms with Gasteiger partial charge in [-0.2, -0.15) is 13.2 Å². The van der Waals surface area contributed by atoms with E-state index < -0.39 is 11.7 Å². The molecule has 1 aromatic carbocycles. The van der Waals surface area contributed by atoms with Crippen LogP contribution in [0.4, 0.5) is 18.3 Å². The highest BCUT2D eigenvalue weighted by atomic mass is 32.1. The number of hydrogen-bond acceptors (Lipinski definition) is 3. The largest absolute Gasteiger partial charge is 0.416 e. The van der Waals surface area contributed by atoms with Gasteiger partial charge in [0.1, 0.15) is 0 Å². The van der Waals surface area contributed by atoms with Crippen molar-refractivity contribution in [2.75, 3.05) is 5.32 Å². The first-order valence-corrected chi connectivity index (χ1v) is 6.18. The SMILES string of the molecule is CC(Nc1nccs1)c1cccc(C(F)(F)F)c1. The molecule has 2 nitrogen and oxygen atoms in total. The van der Waals surface area contributed by atoms with Crippen molar-refractivity contribution in [1.29, 1.82) is 0 Å². The van der Waals surface area contributed by atoms with Crippen molar-refractivity contribution < 1.29 is 13.2 Å². The summed E-state index contributed by atoms with van der Waals surface area (Å²) in [4.78, 5) is 4.04. The van der Waals surface area contributed by atoms with E-state index in [0.717, 1.165) is 12.1 Å². The lowest BCUT2D eigenvalue weighted by atomic mass is 10.1. The zero-order valence-electron chi connectivity index (χ0n) is 9.53. The molecule has 0 aliphatic heterocycles. The van der Waals surface area contributed by atoms with Crippen LogP contribution in [0.3, 0.4) is 0 Å². The maximum atomic E-state index is 12.6. The molecule has 0 amide bonds. The number of halogens is 3. The van der Waals surface area contributed by atoms with Crippen LogP contribution in [0, 0.1) is 0 Å². The van der Waals surface area contributed by atoms with Crippen LogP contribution in [0.25, 0.3) is 0 Å². The molecule has 0 spiro atoms. The zero-order chi connectivity index (χ0) is 13.2. The van der Waals surface area contributed by atoms with Crippen LogP contribution in [0.1, 0.15) is 24.1 Å². The van der Waals surface area contributed by atoms with Crippen molar-refractivity contribution in [2.45, 2.75) is 19.1 Å². The first kappa shape index (κ1) is 12.9. The van der Waals surface area contributed by atoms with Gasteiger partial charge in [0.2, 0.25) is 0 Å². The van der Waals surface area contributed by atoms with Crippen LogP contribution >= 0.6 is 11.3 Å². The molecule has 0 aliphatic rings. The van der Waals surface area contributed by atoms with Gasteiger partial charge < -0.3 is 5.32 Å². The Labute approximate surface area is 106 Å². The van der Waals surface area contributed by atoms with Gasteiger partial charge >= 0.3 is 6.18 Å². The lowest BCUT2D eigenvalue weighted by Gasteiger charge is -2.15. The molecule has 0 bridgehead atoms. The Hall–Kier alpha value is -1.56. The van der Waals surface area contributed by atoms with Gasteiger partial charge in [0.15, 0.2) is 5.13 Å². The standard InChI is InChI=1S/C12H11F3N2S/c1-8(17-11-16-5-6-18-11)9-3-2-4-10(7-9)12(13,14)15/h2-8H,1H3,(H,16,17). The number of alkyl halides is 3. The van der Waals surface area contributed by atoms with Crippen molar-refractivity contribution in [3.63, 3.8) is 0 Å². The van der Waals surface area contributed by atoms with E-state index in [1.165, 1.54) is 17.4 Å². The number of thiazole rings is 1. The van der Waals surface area contributed by atoms with E-state index >= 15 is 0 Å². The van der Waals surface area contributed by atoms with E-state index in [4.69, 9.17) is 0 Å². The summed E-state index contributed by atoms with van der Waals surface area (Å²) in [6.07, 6.45) is -2.66. The molecule has 2 rings (SSSR count). The average molecular weight is 272 g/mol. The van der Waals surface area contributed by atoms with Crippen molar-refractivity contribution in [1.82, 2.24) is 4.98 Å². The summed E-state index contributed by atoms with van der Waals surface area (Å²) in [6, 6.07) is 5.09. The second-order valence-electron chi connectivity index (χ2n) is 3.83. The van der Waals surface area contributed by atoms with Gasteiger partial charge in [-0.25, -0.2) is 4.98 Å². The lowest BCUT2D eigenvalue weighted by Crippen LogP contribution is -2.09. The molecule has 0 radical (unpaired) electrons. The lowest BCUT2D eigenvalue weighted by molar-refractivity contribution is -0.137. The minimum Gasteiger partial charge on any atom is -0.355 e. The van der Waals surface area contributed by atoms with E-state index in [2.05, 4.69) is 10.3 Å². The maximum absolute atomic E-state index is 12.6. The Morgan fingerprint density at radius 2 is 2.11 bits per heavy atom. The van der Waals surface area contributed by atoms with Crippen LogP contribution in [-0.4, -0.2) is 4.98 Å². The molecule has 0 saturated heterocycles. The maximum Gasteiger partial charge on any atom is 0.416 e. The molecule has 2 aromatic rings. The molecule has 1 aromatic heterocycles. The Balaban J connectivity index is 2.18. The van der Waals surface area contributed by atoms with Crippen LogP contribution in [0.2, 0.25) is 0 Å². The summed E-state index contributed by atoms with van der Waals surface area (Å²) < 4.78 is 37.7. The molecule has 0 fully saturated rings. The second-order valence-corrected chi connectivity index (χ2v) is 4.72. The topological polar surface area (TPSA) is 24.9 Å². The normalized spacial score (nSPS) is 13.3. The van der Waals surface area contributed by atoms with Crippen LogP contribution in [-0.2, 0) is 6.18 Å². The molecule has 1 heterocycles. The van der Waals surface area contributed by atoms with Gasteiger partial charge in [0, 0.05) is 11.6 Å². The number of benzene rings is 1. The third kappa shape index (κ3) is 3.01. The van der Waals surface area contributed by atoms with E-state index in [1.807, 2.05) is 0 Å². The van der Waals surface area contributed by atoms with Gasteiger partial charge in [-0.15, -0.1) is 11.3 Å². The highest BCUT2D eigenvalue weighted by Crippen LogP contribution is 2.31. The van der Waals surface area contributed by atoms with Crippen LogP contribution in [0.15, 0.2) is 35.8 Å². The molecule has 1 N–H and O–H groups in total. The monoisotopic (exact) mass is 272 g/mol. The van der Waals surface area contributed by atoms with Crippen LogP contribution < -0.4 is 5.32 Å². The number of nitrogens with zero attached hydrogens (tertiary/aromatic N) is 1. The molecule has 96 valence electrons. The molecule has 6 heteroatoms. The highest BCUT2D eigenvalue weighted by molar-refractivity contribution is 7.13. The summed E-state index contributed by atoms with van der Waals surface area (Å²) in [6.45, 7) is 1.80. The van der Waals surface area contributed by atoms with E-state index in [-0.39, 0.29) is 6.04 Å². The molecular weight excluding hydrogens is 261 g/mol. The van der Waals surface area contributed by atoms with Gasteiger partial charge in [-0.3, -0.25) is 0 Å². The highest BCUT2D eigenvalue weighted by Gasteiger charge is 2.30. The molecule has 0 aliphatic carbocycles. The van der Waals surface area contributed by atoms with E-state index in [9.17, 15) is 13.2 Å². The van der Waals surface area contributed by atoms with Gasteiger partial charge in [-0.1, -0.05) is 12.1 Å². The van der Waals surface area contributed by atoms with Crippen molar-refractivity contribution in [3.05, 3.63) is 47.0 Å². The zero-order valence-corrected chi connectivity index (χ0v) is 10.3. The number of rotatable bonds is 3. The van der Waals surface area contributed by atoms with Crippen molar-refractivity contribution in [2.24, 2.45) is 0 Å². The molecule has 18 heavy (non-hydrogen) atoms. The Kier molecular flexibility index (Phi) is 3.56. The minimum absolute atomic E-state index is 0.224. The molecule has 1 unspecified atom stereocenters. The third-order valence-electron chi connectivity index (χ3n) is 2.49. The number of hydrogen-bond donors (Lipinski definition) is 1. The summed E-state index contributed by atoms with van der Waals surface area (Å²) >= 11 is 1.41. The van der Waals surface area contributed by atoms with E-state index in [1.54, 1.807) is 24.6 Å². The first-order chi connectivity index (χ1) is 8.47. The summed E-state index contributed by atoms with van der Waals surface area (Å²) in [7, 11) is 0. The predicted octanol–water partition coefficient (Wildman–Crippen LogP) is 4.34. The fraction of sp³-hybridized carbons (Fsp3) is 0.250. The fourth-order valence-electron chi connectivity index (χ4n) is 1.55. The predicted molar refractivity (Wildman–Crippen MR) is 65.6 cm³/mol. The minimum atomic E-state index is -4.31. The number of anilines is 1. The van der Waals surface area contributed by atoms with Crippen LogP contribution in [0.5, 0.6) is 0 Å². The Morgan fingerprint density at radius 1 is 1.33 bits per heavy atom. The molecular formula is C12H11F3N2S. The smallest absolute Gasteiger partial charge is 0.355 e. The van der Waals surface area contributed by atoms with E-state index in [0.29, 0.717) is 10.7 Å². The van der Waals surface area contributed by atoms with Crippen molar-refractivity contribution in [3.8, 4) is 0 Å². The van der Waals surface area contributed by atoms with Gasteiger partial charge in [-0.05, 0) is 24.6 Å². The quantitative estimate of drug-likeness (QED) is 0.899. The molecule has 0 saturated carbocycles. The van der Waals surface area contributed by atoms with Gasteiger partial charge in [0.25, 0.3) is 0 Å². The Morgan fingerprint density at radius 3 is 2.72 bits per heavy atom. The van der Waals surface area contributed by atoms with Gasteiger partial charge in [0.05, 0.1) is 11.6 Å². The molecule has 1 atom stereocenters. The number of aromatic nitrogens is 1. The summed E-state index contributed by atoms with van der Waals surface area (Å²) in [5, 5.41) is 5.56. The van der Waals surface area contributed by atoms with Crippen molar-refractivity contribution >= 4 is 16.5 Å². The summed E-state index contributed by atoms with van der Waals surface area (Å²) in [5.41, 5.74) is -0.0483. The summed E-state index contributed by atoms with van der Waals surface area (Å²) in [5.74, 6) is 0. The second kappa shape index (κ2) is 4.97. The fourth-order valence-corrected chi connectivity index (χ4v) is 2.16. The third-order valence-corrected chi connectivity index (χ3v) is 3.19.